The van der Waals surface area contributed by atoms with E-state index in [1.165, 1.54) is 0 Å². The molecule has 0 saturated carbocycles. The number of fused-ring (bicyclic) bond motifs is 1. The van der Waals surface area contributed by atoms with Crippen molar-refractivity contribution in [2.24, 2.45) is 16.5 Å². The van der Waals surface area contributed by atoms with Crippen molar-refractivity contribution < 1.29 is 9.53 Å². The Labute approximate surface area is 138 Å². The van der Waals surface area contributed by atoms with Crippen LogP contribution in [0.4, 0.5) is 5.69 Å². The fourth-order valence-electron chi connectivity index (χ4n) is 2.56. The number of aliphatic imine (C=N–C) groups is 1. The maximum absolute atomic E-state index is 12.1. The van der Waals surface area contributed by atoms with Gasteiger partial charge in [-0.1, -0.05) is 24.3 Å². The third-order valence-electron chi connectivity index (χ3n) is 3.59. The van der Waals surface area contributed by atoms with Gasteiger partial charge in [0, 0.05) is 11.1 Å². The first-order valence-electron chi connectivity index (χ1n) is 7.18. The number of nitrogens with zero attached hydrogens (tertiary/aromatic N) is 2. The van der Waals surface area contributed by atoms with Crippen molar-refractivity contribution >= 4 is 23.1 Å². The first-order chi connectivity index (χ1) is 11.6. The summed E-state index contributed by atoms with van der Waals surface area (Å²) in [6.45, 7) is 7.74. The number of rotatable bonds is 2. The number of carbonyl (C=O) groups excluding carboxylic acids is 1. The van der Waals surface area contributed by atoms with E-state index in [0.29, 0.717) is 23.6 Å². The molecule has 0 radical (unpaired) electrons. The zero-order valence-electron chi connectivity index (χ0n) is 12.7. The lowest BCUT2D eigenvalue weighted by molar-refractivity contribution is 0.100. The molecule has 2 aromatic rings. The van der Waals surface area contributed by atoms with E-state index in [4.69, 9.17) is 22.8 Å². The van der Waals surface area contributed by atoms with Crippen LogP contribution in [0.3, 0.4) is 0 Å². The molecule has 0 aliphatic carbocycles. The highest BCUT2D eigenvalue weighted by Gasteiger charge is 2.19. The van der Waals surface area contributed by atoms with Crippen molar-refractivity contribution in [1.29, 1.82) is 0 Å². The third kappa shape index (κ3) is 2.83. The van der Waals surface area contributed by atoms with Crippen LogP contribution < -0.4 is 16.2 Å². The molecule has 2 aromatic carbocycles. The molecule has 0 saturated heterocycles. The van der Waals surface area contributed by atoms with E-state index in [1.54, 1.807) is 24.3 Å². The molecule has 1 aliphatic rings. The first kappa shape index (κ1) is 15.3. The maximum Gasteiger partial charge on any atom is 0.280 e. The quantitative estimate of drug-likeness (QED) is 0.505. The van der Waals surface area contributed by atoms with Gasteiger partial charge in [-0.3, -0.25) is 4.79 Å². The zero-order valence-corrected chi connectivity index (χ0v) is 12.7. The number of nitrogens with two attached hydrogens (primary N) is 2. The van der Waals surface area contributed by atoms with Crippen molar-refractivity contribution in [3.63, 3.8) is 0 Å². The second-order valence-electron chi connectivity index (χ2n) is 5.11. The predicted octanol–water partition coefficient (Wildman–Crippen LogP) is 2.48. The predicted molar refractivity (Wildman–Crippen MR) is 91.9 cm³/mol. The monoisotopic (exact) mass is 318 g/mol. The molecule has 1 heterocycles. The van der Waals surface area contributed by atoms with Gasteiger partial charge in [-0.15, -0.1) is 0 Å². The van der Waals surface area contributed by atoms with Gasteiger partial charge < -0.3 is 16.2 Å². The van der Waals surface area contributed by atoms with Crippen molar-refractivity contribution in [3.8, 4) is 5.75 Å². The van der Waals surface area contributed by atoms with Gasteiger partial charge in [-0.2, -0.15) is 4.99 Å². The van der Waals surface area contributed by atoms with Gasteiger partial charge in [-0.05, 0) is 35.4 Å². The van der Waals surface area contributed by atoms with Gasteiger partial charge in [0.05, 0.1) is 6.57 Å². The van der Waals surface area contributed by atoms with Gasteiger partial charge in [-0.25, -0.2) is 4.85 Å². The number of hydrogen-bond donors (Lipinski definition) is 2. The first-order valence-corrected chi connectivity index (χ1v) is 7.18. The van der Waals surface area contributed by atoms with Crippen LogP contribution >= 0.6 is 0 Å². The average molecular weight is 318 g/mol. The van der Waals surface area contributed by atoms with Gasteiger partial charge in [0.1, 0.15) is 12.4 Å². The van der Waals surface area contributed by atoms with Crippen LogP contribution in [0.25, 0.3) is 10.4 Å². The number of ether oxygens (including phenoxy) is 1. The van der Waals surface area contributed by atoms with Crippen LogP contribution in [0.15, 0.2) is 53.5 Å². The van der Waals surface area contributed by atoms with Gasteiger partial charge in [0.25, 0.3) is 5.91 Å². The van der Waals surface area contributed by atoms with Crippen LogP contribution in [-0.4, -0.2) is 18.5 Å². The van der Waals surface area contributed by atoms with Crippen molar-refractivity contribution in [1.82, 2.24) is 0 Å². The summed E-state index contributed by atoms with van der Waals surface area (Å²) in [7, 11) is 0. The standard InChI is InChI=1S/C18H14N4O2/c1-21-15-5-3-2-4-13(15)12-8-9-24-16-7-6-11(10-14(12)16)17(23)22-18(19)20/h2-8,10H,9H2,(H4,19,20,22,23). The molecule has 0 unspecified atom stereocenters. The highest BCUT2D eigenvalue weighted by Crippen LogP contribution is 2.38. The highest BCUT2D eigenvalue weighted by molar-refractivity contribution is 6.03. The number of hydrogen-bond acceptors (Lipinski definition) is 2. The fraction of sp³-hybridized carbons (Fsp3) is 0.0556. The second kappa shape index (κ2) is 6.26. The minimum absolute atomic E-state index is 0.289. The van der Waals surface area contributed by atoms with Crippen LogP contribution in [-0.2, 0) is 0 Å². The van der Waals surface area contributed by atoms with Crippen LogP contribution in [0.5, 0.6) is 5.75 Å². The topological polar surface area (TPSA) is 95.1 Å². The number of benzene rings is 2. The SMILES string of the molecule is [C-]#[N+]c1ccccc1C1=CCOc2ccc(C(=O)N=C(N)N)cc21. The van der Waals surface area contributed by atoms with E-state index >= 15 is 0 Å². The molecule has 24 heavy (non-hydrogen) atoms. The Kier molecular flexibility index (Phi) is 4.00. The van der Waals surface area contributed by atoms with E-state index < -0.39 is 5.91 Å². The van der Waals surface area contributed by atoms with E-state index in [-0.39, 0.29) is 5.96 Å². The molecule has 0 bridgehead atoms. The molecule has 3 rings (SSSR count). The summed E-state index contributed by atoms with van der Waals surface area (Å²) in [5.74, 6) is -0.169. The average Bonchev–Trinajstić information content (AvgIpc) is 2.60. The molecule has 6 nitrogen and oxygen atoms in total. The Balaban J connectivity index is 2.12. The van der Waals surface area contributed by atoms with Crippen molar-refractivity contribution in [3.05, 3.63) is 76.6 Å². The second-order valence-corrected chi connectivity index (χ2v) is 5.11. The molecule has 4 N–H and O–H groups in total. The summed E-state index contributed by atoms with van der Waals surface area (Å²) < 4.78 is 5.61. The van der Waals surface area contributed by atoms with E-state index in [1.807, 2.05) is 24.3 Å². The summed E-state index contributed by atoms with van der Waals surface area (Å²) in [6, 6.07) is 12.3. The molecular formula is C18H14N4O2. The third-order valence-corrected chi connectivity index (χ3v) is 3.59. The maximum atomic E-state index is 12.1. The Bertz CT molecular complexity index is 919. The van der Waals surface area contributed by atoms with Gasteiger partial charge >= 0.3 is 0 Å². The largest absolute Gasteiger partial charge is 0.489 e. The lowest BCUT2D eigenvalue weighted by atomic mass is 9.93. The smallest absolute Gasteiger partial charge is 0.280 e. The van der Waals surface area contributed by atoms with Crippen LogP contribution in [0.2, 0.25) is 0 Å². The summed E-state index contributed by atoms with van der Waals surface area (Å²) in [5, 5.41) is 0. The Hall–Kier alpha value is -3.59. The number of carbonyl (C=O) groups is 1. The van der Waals surface area contributed by atoms with Crippen LogP contribution in [0.1, 0.15) is 21.5 Å². The molecule has 6 heteroatoms. The lowest BCUT2D eigenvalue weighted by Gasteiger charge is -2.20. The molecule has 0 spiro atoms. The Morgan fingerprint density at radius 3 is 2.71 bits per heavy atom. The minimum atomic E-state index is -0.527. The number of guanidine groups is 1. The molecular weight excluding hydrogens is 304 g/mol. The highest BCUT2D eigenvalue weighted by atomic mass is 16.5. The van der Waals surface area contributed by atoms with Gasteiger partial charge in [0.15, 0.2) is 11.6 Å². The van der Waals surface area contributed by atoms with E-state index in [9.17, 15) is 4.79 Å². The summed E-state index contributed by atoms with van der Waals surface area (Å²) in [4.78, 5) is 19.2. The van der Waals surface area contributed by atoms with Gasteiger partial charge in [0.2, 0.25) is 0 Å². The van der Waals surface area contributed by atoms with E-state index in [2.05, 4.69) is 9.84 Å². The Morgan fingerprint density at radius 2 is 1.96 bits per heavy atom. The van der Waals surface area contributed by atoms with Crippen molar-refractivity contribution in [2.45, 2.75) is 0 Å². The lowest BCUT2D eigenvalue weighted by Crippen LogP contribution is -2.24. The van der Waals surface area contributed by atoms with Crippen LogP contribution in [0, 0.1) is 6.57 Å². The Morgan fingerprint density at radius 1 is 1.17 bits per heavy atom. The molecule has 0 atom stereocenters. The normalized spacial score (nSPS) is 12.2. The minimum Gasteiger partial charge on any atom is -0.489 e. The summed E-state index contributed by atoms with van der Waals surface area (Å²) in [6.07, 6.45) is 1.89. The van der Waals surface area contributed by atoms with E-state index in [0.717, 1.165) is 16.7 Å². The molecule has 0 aromatic heterocycles. The summed E-state index contributed by atoms with van der Waals surface area (Å²) >= 11 is 0. The molecule has 1 amide bonds. The molecule has 0 fully saturated rings. The molecule has 118 valence electrons. The summed E-state index contributed by atoms with van der Waals surface area (Å²) in [5.41, 5.74) is 13.8. The zero-order chi connectivity index (χ0) is 17.1. The molecule has 1 aliphatic heterocycles. The van der Waals surface area contributed by atoms with Crippen molar-refractivity contribution in [2.75, 3.05) is 6.61 Å². The number of amides is 1. The fourth-order valence-corrected chi connectivity index (χ4v) is 2.56. The number of para-hydroxylation sites is 1.